The van der Waals surface area contributed by atoms with Gasteiger partial charge in [-0.25, -0.2) is 0 Å². The van der Waals surface area contributed by atoms with Crippen molar-refractivity contribution < 1.29 is 14.4 Å². The zero-order valence-electron chi connectivity index (χ0n) is 11.2. The summed E-state index contributed by atoms with van der Waals surface area (Å²) in [6.45, 7) is 1.98. The van der Waals surface area contributed by atoms with E-state index >= 15 is 0 Å². The highest BCUT2D eigenvalue weighted by Crippen LogP contribution is 2.00. The second-order valence-electron chi connectivity index (χ2n) is 4.44. The minimum Gasteiger partial charge on any atom is -0.389 e. The van der Waals surface area contributed by atoms with Crippen LogP contribution in [0.5, 0.6) is 0 Å². The summed E-state index contributed by atoms with van der Waals surface area (Å²) in [5.41, 5.74) is 1.10. The van der Waals surface area contributed by atoms with Gasteiger partial charge < -0.3 is 19.7 Å². The van der Waals surface area contributed by atoms with E-state index < -0.39 is 6.10 Å². The van der Waals surface area contributed by atoms with Crippen LogP contribution < -0.4 is 5.32 Å². The van der Waals surface area contributed by atoms with Crippen molar-refractivity contribution in [2.24, 2.45) is 0 Å². The molecule has 0 aliphatic rings. The number of benzene rings is 1. The molecular formula is C14H19N3O3. The molecule has 0 amide bonds. The van der Waals surface area contributed by atoms with Gasteiger partial charge in [0.1, 0.15) is 0 Å². The Bertz CT molecular complexity index is 462. The number of ether oxygens (including phenoxy) is 1. The Morgan fingerprint density at radius 1 is 1.30 bits per heavy atom. The van der Waals surface area contributed by atoms with Crippen LogP contribution in [0, 0.1) is 0 Å². The molecule has 1 aromatic heterocycles. The third-order valence-corrected chi connectivity index (χ3v) is 2.72. The lowest BCUT2D eigenvalue weighted by molar-refractivity contribution is 0.0289. The van der Waals surface area contributed by atoms with Gasteiger partial charge in [0.2, 0.25) is 5.89 Å². The summed E-state index contributed by atoms with van der Waals surface area (Å²) in [6.07, 6.45) is 1.50. The Hall–Kier alpha value is -1.76. The summed E-state index contributed by atoms with van der Waals surface area (Å²) in [7, 11) is 0. The lowest BCUT2D eigenvalue weighted by atomic mass is 10.2. The van der Waals surface area contributed by atoms with Crippen LogP contribution in [-0.4, -0.2) is 41.0 Å². The molecule has 1 atom stereocenters. The van der Waals surface area contributed by atoms with Gasteiger partial charge in [0, 0.05) is 19.5 Å². The maximum absolute atomic E-state index is 9.75. The number of nitrogens with one attached hydrogen (secondary N) is 1. The molecule has 0 fully saturated rings. The fourth-order valence-corrected chi connectivity index (χ4v) is 1.72. The molecule has 2 N–H and O–H groups in total. The average molecular weight is 277 g/mol. The highest BCUT2D eigenvalue weighted by Gasteiger charge is 2.05. The fourth-order valence-electron chi connectivity index (χ4n) is 1.72. The molecular weight excluding hydrogens is 258 g/mol. The van der Waals surface area contributed by atoms with Crippen LogP contribution in [-0.2, 0) is 17.8 Å². The number of nitrogens with zero attached hydrogens (tertiary/aromatic N) is 2. The summed E-state index contributed by atoms with van der Waals surface area (Å²) in [6, 6.07) is 9.89. The van der Waals surface area contributed by atoms with E-state index in [-0.39, 0.29) is 0 Å². The van der Waals surface area contributed by atoms with Crippen LogP contribution in [0.1, 0.15) is 11.5 Å². The molecule has 20 heavy (non-hydrogen) atoms. The summed E-state index contributed by atoms with van der Waals surface area (Å²) in [5, 5.41) is 16.4. The topological polar surface area (TPSA) is 80.4 Å². The number of rotatable bonds is 9. The molecule has 108 valence electrons. The van der Waals surface area contributed by atoms with Crippen molar-refractivity contribution in [1.82, 2.24) is 15.5 Å². The zero-order chi connectivity index (χ0) is 14.0. The third kappa shape index (κ3) is 5.48. The summed E-state index contributed by atoms with van der Waals surface area (Å²) >= 11 is 0. The van der Waals surface area contributed by atoms with Crippen LogP contribution in [0.25, 0.3) is 0 Å². The highest BCUT2D eigenvalue weighted by molar-refractivity contribution is 5.13. The molecule has 0 spiro atoms. The number of hydrogen-bond donors (Lipinski definition) is 2. The van der Waals surface area contributed by atoms with E-state index in [2.05, 4.69) is 15.5 Å². The maximum Gasteiger partial charge on any atom is 0.227 e. The van der Waals surface area contributed by atoms with E-state index in [1.54, 1.807) is 0 Å². The van der Waals surface area contributed by atoms with Gasteiger partial charge in [0.25, 0.3) is 0 Å². The van der Waals surface area contributed by atoms with Crippen LogP contribution >= 0.6 is 0 Å². The van der Waals surface area contributed by atoms with E-state index in [9.17, 15) is 5.11 Å². The molecule has 1 aromatic carbocycles. The van der Waals surface area contributed by atoms with Gasteiger partial charge in [-0.3, -0.25) is 0 Å². The SMILES string of the molecule is OC(CNCCc1ncno1)COCc1ccccc1. The molecule has 1 heterocycles. The van der Waals surface area contributed by atoms with Crippen molar-refractivity contribution in [3.8, 4) is 0 Å². The number of aromatic nitrogens is 2. The Balaban J connectivity index is 1.51. The molecule has 0 aliphatic heterocycles. The van der Waals surface area contributed by atoms with Crippen molar-refractivity contribution >= 4 is 0 Å². The molecule has 6 nitrogen and oxygen atoms in total. The molecule has 0 saturated heterocycles. The maximum atomic E-state index is 9.75. The molecule has 0 bridgehead atoms. The van der Waals surface area contributed by atoms with E-state index in [0.717, 1.165) is 5.56 Å². The smallest absolute Gasteiger partial charge is 0.227 e. The summed E-state index contributed by atoms with van der Waals surface area (Å²) in [4.78, 5) is 3.91. The highest BCUT2D eigenvalue weighted by atomic mass is 16.5. The molecule has 1 unspecified atom stereocenters. The standard InChI is InChI=1S/C14H19N3O3/c18-13(8-15-7-6-14-16-11-17-20-14)10-19-9-12-4-2-1-3-5-12/h1-5,11,13,15,18H,6-10H2. The Kier molecular flexibility index (Phi) is 6.16. The van der Waals surface area contributed by atoms with E-state index in [0.29, 0.717) is 38.6 Å². The molecule has 0 saturated carbocycles. The normalized spacial score (nSPS) is 12.4. The van der Waals surface area contributed by atoms with Gasteiger partial charge in [-0.05, 0) is 5.56 Å². The molecule has 2 aromatic rings. The Morgan fingerprint density at radius 2 is 2.15 bits per heavy atom. The van der Waals surface area contributed by atoms with Gasteiger partial charge in [-0.15, -0.1) is 0 Å². The van der Waals surface area contributed by atoms with Crippen molar-refractivity contribution in [3.63, 3.8) is 0 Å². The van der Waals surface area contributed by atoms with Crippen molar-refractivity contribution in [2.45, 2.75) is 19.1 Å². The molecule has 0 radical (unpaired) electrons. The van der Waals surface area contributed by atoms with Crippen molar-refractivity contribution in [2.75, 3.05) is 19.7 Å². The quantitative estimate of drug-likeness (QED) is 0.659. The second kappa shape index (κ2) is 8.42. The Labute approximate surface area is 117 Å². The molecule has 2 rings (SSSR count). The van der Waals surface area contributed by atoms with E-state index in [1.807, 2.05) is 30.3 Å². The minimum absolute atomic E-state index is 0.308. The van der Waals surface area contributed by atoms with Gasteiger partial charge >= 0.3 is 0 Å². The summed E-state index contributed by atoms with van der Waals surface area (Å²) < 4.78 is 10.3. The first-order valence-electron chi connectivity index (χ1n) is 6.60. The van der Waals surface area contributed by atoms with Gasteiger partial charge in [-0.1, -0.05) is 35.5 Å². The van der Waals surface area contributed by atoms with Crippen molar-refractivity contribution in [1.29, 1.82) is 0 Å². The van der Waals surface area contributed by atoms with E-state index in [1.165, 1.54) is 6.33 Å². The van der Waals surface area contributed by atoms with Crippen LogP contribution in [0.4, 0.5) is 0 Å². The number of aliphatic hydroxyl groups is 1. The largest absolute Gasteiger partial charge is 0.389 e. The monoisotopic (exact) mass is 277 g/mol. The third-order valence-electron chi connectivity index (χ3n) is 2.72. The first-order valence-corrected chi connectivity index (χ1v) is 6.60. The number of aliphatic hydroxyl groups excluding tert-OH is 1. The van der Waals surface area contributed by atoms with Crippen LogP contribution in [0.15, 0.2) is 41.2 Å². The molecule has 6 heteroatoms. The predicted octanol–water partition coefficient (Wildman–Crippen LogP) is 0.779. The number of hydrogen-bond acceptors (Lipinski definition) is 6. The fraction of sp³-hybridized carbons (Fsp3) is 0.429. The summed E-state index contributed by atoms with van der Waals surface area (Å²) in [5.74, 6) is 0.590. The van der Waals surface area contributed by atoms with Gasteiger partial charge in [0.15, 0.2) is 6.33 Å². The first-order chi connectivity index (χ1) is 9.84. The zero-order valence-corrected chi connectivity index (χ0v) is 11.2. The second-order valence-corrected chi connectivity index (χ2v) is 4.44. The van der Waals surface area contributed by atoms with Crippen LogP contribution in [0.3, 0.4) is 0 Å². The predicted molar refractivity (Wildman–Crippen MR) is 73.0 cm³/mol. The molecule has 0 aliphatic carbocycles. The van der Waals surface area contributed by atoms with E-state index in [4.69, 9.17) is 9.26 Å². The first kappa shape index (κ1) is 14.6. The lowest BCUT2D eigenvalue weighted by Crippen LogP contribution is -2.31. The van der Waals surface area contributed by atoms with Gasteiger partial charge in [0.05, 0.1) is 19.3 Å². The van der Waals surface area contributed by atoms with Gasteiger partial charge in [-0.2, -0.15) is 4.98 Å². The Morgan fingerprint density at radius 3 is 2.90 bits per heavy atom. The minimum atomic E-state index is -0.526. The van der Waals surface area contributed by atoms with Crippen molar-refractivity contribution in [3.05, 3.63) is 48.1 Å². The average Bonchev–Trinajstić information content (AvgIpc) is 2.98. The van der Waals surface area contributed by atoms with Crippen LogP contribution in [0.2, 0.25) is 0 Å². The lowest BCUT2D eigenvalue weighted by Gasteiger charge is -2.12.